The number of nitrogens with one attached hydrogen (secondary N) is 2. The summed E-state index contributed by atoms with van der Waals surface area (Å²) in [4.78, 5) is 36.4. The van der Waals surface area contributed by atoms with Gasteiger partial charge in [-0.25, -0.2) is 4.79 Å². The van der Waals surface area contributed by atoms with E-state index in [4.69, 9.17) is 9.73 Å². The Balaban J connectivity index is 1.14. The third kappa shape index (κ3) is 6.78. The molecule has 4 aliphatic rings. The van der Waals surface area contributed by atoms with Crippen molar-refractivity contribution in [2.75, 3.05) is 20.2 Å². The van der Waals surface area contributed by atoms with Crippen LogP contribution < -0.4 is 10.6 Å². The number of rotatable bonds is 6. The van der Waals surface area contributed by atoms with Crippen molar-refractivity contribution < 1.29 is 14.3 Å². The fraction of sp³-hybridized carbons (Fsp3) is 0.455. The molecule has 8 heteroatoms. The van der Waals surface area contributed by atoms with Crippen molar-refractivity contribution in [3.63, 3.8) is 0 Å². The van der Waals surface area contributed by atoms with Crippen LogP contribution in [0.4, 0.5) is 4.79 Å². The van der Waals surface area contributed by atoms with E-state index in [-0.39, 0.29) is 17.9 Å². The van der Waals surface area contributed by atoms with Crippen LogP contribution in [0.1, 0.15) is 63.5 Å². The fourth-order valence-electron chi connectivity index (χ4n) is 5.77. The molecule has 2 saturated heterocycles. The van der Waals surface area contributed by atoms with Gasteiger partial charge in [0.2, 0.25) is 5.91 Å². The first-order valence-electron chi connectivity index (χ1n) is 14.4. The molecule has 4 heterocycles. The monoisotopic (exact) mass is 551 g/mol. The minimum absolute atomic E-state index is 0.0598. The van der Waals surface area contributed by atoms with E-state index >= 15 is 0 Å². The summed E-state index contributed by atoms with van der Waals surface area (Å²) in [5.41, 5.74) is 6.30. The maximum Gasteiger partial charge on any atom is 0.407 e. The molecule has 1 aromatic rings. The van der Waals surface area contributed by atoms with Crippen LogP contribution in [0.2, 0.25) is 0 Å². The highest BCUT2D eigenvalue weighted by atomic mass is 16.5. The summed E-state index contributed by atoms with van der Waals surface area (Å²) in [6.07, 6.45) is 8.82. The number of carbonyl (C=O) groups excluding carboxylic acids is 2. The molecule has 0 unspecified atom stereocenters. The normalized spacial score (nSPS) is 22.1. The largest absolute Gasteiger partial charge is 0.453 e. The molecule has 1 aromatic carbocycles. The van der Waals surface area contributed by atoms with Gasteiger partial charge in [0.15, 0.2) is 0 Å². The summed E-state index contributed by atoms with van der Waals surface area (Å²) in [6.45, 7) is 5.56. The molecule has 0 aliphatic carbocycles. The maximum atomic E-state index is 13.4. The summed E-state index contributed by atoms with van der Waals surface area (Å²) in [5.74, 6) is 12.1. The molecule has 0 bridgehead atoms. The number of nitrogens with zero attached hydrogens (tertiary/aromatic N) is 3. The lowest BCUT2D eigenvalue weighted by Gasteiger charge is -2.31. The van der Waals surface area contributed by atoms with Gasteiger partial charge in [0.25, 0.3) is 0 Å². The van der Waals surface area contributed by atoms with Gasteiger partial charge >= 0.3 is 6.09 Å². The molecule has 0 saturated carbocycles. The van der Waals surface area contributed by atoms with E-state index in [1.807, 2.05) is 43.3 Å². The Labute approximate surface area is 242 Å². The lowest BCUT2D eigenvalue weighted by atomic mass is 9.97. The van der Waals surface area contributed by atoms with Crippen LogP contribution in [-0.4, -0.2) is 66.6 Å². The van der Waals surface area contributed by atoms with E-state index in [1.54, 1.807) is 0 Å². The molecule has 212 valence electrons. The van der Waals surface area contributed by atoms with Crippen molar-refractivity contribution in [1.29, 1.82) is 0 Å². The van der Waals surface area contributed by atoms with Gasteiger partial charge in [-0.1, -0.05) is 37.8 Å². The van der Waals surface area contributed by atoms with Crippen LogP contribution >= 0.6 is 0 Å². The first kappa shape index (κ1) is 28.4. The SMILES string of the molecule is COC(=O)N[C@H](C(=O)N1CCC[C@H]1C1=NC=C(c2ccc(C#CC#CC3=CN=C([C@@H]4CCCN4)C3)cc2)C1)C(C)C. The molecular weight excluding hydrogens is 514 g/mol. The van der Waals surface area contributed by atoms with Gasteiger partial charge in [0.05, 0.1) is 13.2 Å². The highest BCUT2D eigenvalue weighted by molar-refractivity contribution is 6.03. The lowest BCUT2D eigenvalue weighted by molar-refractivity contribution is -0.134. The Bertz CT molecular complexity index is 1420. The fourth-order valence-corrected chi connectivity index (χ4v) is 5.77. The van der Waals surface area contributed by atoms with Crippen molar-refractivity contribution in [2.24, 2.45) is 15.9 Å². The highest BCUT2D eigenvalue weighted by Crippen LogP contribution is 2.30. The standard InChI is InChI=1S/C33H37N5O3/c1-22(2)31(37-33(40)41-3)32(39)38-17-7-11-30(38)29-19-26(21-36-29)25-14-12-23(13-15-25)8-4-5-9-24-18-28(35-20-24)27-10-6-16-34-27/h12-15,20-22,27,30-31,34H,6-7,10-11,16-19H2,1-3H3,(H,37,40)/t27-,30-,31-/m0/s1. The Kier molecular flexibility index (Phi) is 9.01. The number of hydrogen-bond acceptors (Lipinski definition) is 6. The van der Waals surface area contributed by atoms with Gasteiger partial charge in [-0.2, -0.15) is 0 Å². The van der Waals surface area contributed by atoms with Crippen LogP contribution in [0, 0.1) is 29.6 Å². The number of likely N-dealkylation sites (tertiary alicyclic amines) is 1. The number of allylic oxidation sites excluding steroid dienone is 2. The second-order valence-electron chi connectivity index (χ2n) is 11.2. The lowest BCUT2D eigenvalue weighted by Crippen LogP contribution is -2.53. The number of ether oxygens (including phenoxy) is 1. The number of hydrogen-bond donors (Lipinski definition) is 2. The number of alkyl carbamates (subject to hydrolysis) is 1. The number of carbonyl (C=O) groups is 2. The number of aliphatic imine (C=N–C) groups is 2. The number of methoxy groups -OCH3 is 1. The van der Waals surface area contributed by atoms with E-state index < -0.39 is 12.1 Å². The Morgan fingerprint density at radius 1 is 1.02 bits per heavy atom. The van der Waals surface area contributed by atoms with Crippen LogP contribution in [0.5, 0.6) is 0 Å². The molecule has 2 N–H and O–H groups in total. The summed E-state index contributed by atoms with van der Waals surface area (Å²) in [6, 6.07) is 7.82. The predicted octanol–water partition coefficient (Wildman–Crippen LogP) is 4.08. The van der Waals surface area contributed by atoms with Gasteiger partial charge in [-0.05, 0) is 73.3 Å². The molecule has 5 rings (SSSR count). The van der Waals surface area contributed by atoms with E-state index in [1.165, 1.54) is 19.2 Å². The van der Waals surface area contributed by atoms with E-state index in [2.05, 4.69) is 51.4 Å². The van der Waals surface area contributed by atoms with Crippen molar-refractivity contribution in [1.82, 2.24) is 15.5 Å². The minimum Gasteiger partial charge on any atom is -0.453 e. The van der Waals surface area contributed by atoms with Crippen molar-refractivity contribution in [3.05, 3.63) is 53.4 Å². The molecule has 3 atom stereocenters. The topological polar surface area (TPSA) is 95.4 Å². The summed E-state index contributed by atoms with van der Waals surface area (Å²) in [5, 5.41) is 6.19. The predicted molar refractivity (Wildman–Crippen MR) is 161 cm³/mol. The van der Waals surface area contributed by atoms with Crippen molar-refractivity contribution in [2.45, 2.75) is 70.5 Å². The van der Waals surface area contributed by atoms with Gasteiger partial charge in [-0.3, -0.25) is 14.8 Å². The quantitative estimate of drug-likeness (QED) is 0.521. The molecule has 0 spiro atoms. The van der Waals surface area contributed by atoms with Crippen LogP contribution in [0.15, 0.2) is 52.2 Å². The zero-order valence-electron chi connectivity index (χ0n) is 24.0. The van der Waals surface area contributed by atoms with Crippen LogP contribution in [0.3, 0.4) is 0 Å². The van der Waals surface area contributed by atoms with E-state index in [0.717, 1.165) is 60.2 Å². The molecule has 8 nitrogen and oxygen atoms in total. The number of amides is 2. The third-order valence-corrected chi connectivity index (χ3v) is 8.04. The summed E-state index contributed by atoms with van der Waals surface area (Å²) >= 11 is 0. The van der Waals surface area contributed by atoms with Gasteiger partial charge in [0.1, 0.15) is 6.04 Å². The molecule has 4 aliphatic heterocycles. The van der Waals surface area contributed by atoms with E-state index in [9.17, 15) is 9.59 Å². The Morgan fingerprint density at radius 3 is 2.54 bits per heavy atom. The first-order chi connectivity index (χ1) is 19.9. The summed E-state index contributed by atoms with van der Waals surface area (Å²) < 4.78 is 4.73. The molecule has 2 amide bonds. The maximum absolute atomic E-state index is 13.4. The minimum atomic E-state index is -0.634. The molecular formula is C33H37N5O3. The molecule has 41 heavy (non-hydrogen) atoms. The van der Waals surface area contributed by atoms with Crippen LogP contribution in [-0.2, 0) is 9.53 Å². The molecule has 0 aromatic heterocycles. The third-order valence-electron chi connectivity index (χ3n) is 8.04. The Morgan fingerprint density at radius 2 is 1.80 bits per heavy atom. The first-order valence-corrected chi connectivity index (χ1v) is 14.4. The summed E-state index contributed by atoms with van der Waals surface area (Å²) in [7, 11) is 1.30. The van der Waals surface area contributed by atoms with Gasteiger partial charge < -0.3 is 20.3 Å². The van der Waals surface area contributed by atoms with Gasteiger partial charge in [-0.15, -0.1) is 0 Å². The van der Waals surface area contributed by atoms with Crippen LogP contribution in [0.25, 0.3) is 5.57 Å². The zero-order valence-corrected chi connectivity index (χ0v) is 24.0. The second-order valence-corrected chi connectivity index (χ2v) is 11.2. The average Bonchev–Trinajstić information content (AvgIpc) is 3.80. The van der Waals surface area contributed by atoms with Gasteiger partial charge in [0, 0.05) is 60.4 Å². The van der Waals surface area contributed by atoms with Crippen molar-refractivity contribution in [3.8, 4) is 23.7 Å². The van der Waals surface area contributed by atoms with E-state index in [0.29, 0.717) is 19.0 Å². The molecule has 0 radical (unpaired) electrons. The number of benzene rings is 1. The highest BCUT2D eigenvalue weighted by Gasteiger charge is 2.38. The van der Waals surface area contributed by atoms with Crippen molar-refractivity contribution >= 4 is 29.0 Å². The molecule has 2 fully saturated rings. The average molecular weight is 552 g/mol. The smallest absolute Gasteiger partial charge is 0.407 e. The zero-order chi connectivity index (χ0) is 28.8. The Hall–Kier alpha value is -4.14. The second kappa shape index (κ2) is 13.0.